The van der Waals surface area contributed by atoms with Gasteiger partial charge in [0.15, 0.2) is 0 Å². The Kier molecular flexibility index (Phi) is 9.40. The van der Waals surface area contributed by atoms with Gasteiger partial charge in [0.2, 0.25) is 10.0 Å². The third kappa shape index (κ3) is 6.77. The topological polar surface area (TPSA) is 141 Å². The number of hydrogen-bond acceptors (Lipinski definition) is 6. The summed E-state index contributed by atoms with van der Waals surface area (Å²) in [6, 6.07) is 10.7. The fourth-order valence-corrected chi connectivity index (χ4v) is 6.34. The van der Waals surface area contributed by atoms with Crippen LogP contribution in [-0.4, -0.2) is 73.1 Å². The van der Waals surface area contributed by atoms with Crippen LogP contribution in [0.1, 0.15) is 41.3 Å². The minimum atomic E-state index is -3.51. The second-order valence-corrected chi connectivity index (χ2v) is 12.7. The molecular weight excluding hydrogens is 556 g/mol. The highest BCUT2D eigenvalue weighted by Gasteiger charge is 2.30. The number of aliphatic hydroxyl groups is 1. The van der Waals surface area contributed by atoms with Crippen LogP contribution in [0.15, 0.2) is 42.6 Å². The molecule has 2 heterocycles. The number of aliphatic hydroxyl groups excluding tert-OH is 1. The number of carbonyl (C=O) groups excluding carboxylic acids is 1. The quantitative estimate of drug-likeness (QED) is 0.281. The predicted molar refractivity (Wildman–Crippen MR) is 156 cm³/mol. The molecule has 2 atom stereocenters. The first-order valence-corrected chi connectivity index (χ1v) is 15.2. The van der Waals surface area contributed by atoms with Gasteiger partial charge in [0.1, 0.15) is 0 Å². The summed E-state index contributed by atoms with van der Waals surface area (Å²) in [5, 5.41) is 25.7. The summed E-state index contributed by atoms with van der Waals surface area (Å²) in [7, 11) is -1.98. The maximum Gasteiger partial charge on any atom is 0.290 e. The average molecular weight is 591 g/mol. The van der Waals surface area contributed by atoms with Crippen molar-refractivity contribution in [1.29, 1.82) is 0 Å². The van der Waals surface area contributed by atoms with E-state index in [1.165, 1.54) is 11.4 Å². The van der Waals surface area contributed by atoms with Gasteiger partial charge >= 0.3 is 0 Å². The Bertz CT molecular complexity index is 1490. The van der Waals surface area contributed by atoms with Crippen molar-refractivity contribution in [3.63, 3.8) is 0 Å². The summed E-state index contributed by atoms with van der Waals surface area (Å²) in [5.74, 6) is -0.366. The predicted octanol–water partition coefficient (Wildman–Crippen LogP) is 2.79. The van der Waals surface area contributed by atoms with Gasteiger partial charge in [0.25, 0.3) is 12.4 Å². The molecule has 1 aliphatic heterocycles. The number of aromatic nitrogens is 1. The van der Waals surface area contributed by atoms with Crippen LogP contribution in [0.2, 0.25) is 5.02 Å². The largest absolute Gasteiger partial charge is 0.483 e. The normalized spacial score (nSPS) is 17.4. The SMILES string of the molecule is CCc1cn2c3c(cc(C(=O)N[C@@H](Cc4cccc(Cl)c4)[C@H](O)CNC4CC4)cc13)N(C)S(=O)(=O)CC2.O=CO. The van der Waals surface area contributed by atoms with E-state index in [9.17, 15) is 18.3 Å². The Balaban J connectivity index is 0.00000118. The lowest BCUT2D eigenvalue weighted by Crippen LogP contribution is -2.49. The van der Waals surface area contributed by atoms with Crippen LogP contribution in [0, 0.1) is 0 Å². The second kappa shape index (κ2) is 12.6. The molecule has 0 spiro atoms. The van der Waals surface area contributed by atoms with E-state index in [1.54, 1.807) is 12.1 Å². The van der Waals surface area contributed by atoms with Crippen molar-refractivity contribution in [1.82, 2.24) is 15.2 Å². The van der Waals surface area contributed by atoms with E-state index < -0.39 is 22.2 Å². The first-order valence-electron chi connectivity index (χ1n) is 13.2. The third-order valence-corrected chi connectivity index (χ3v) is 9.31. The van der Waals surface area contributed by atoms with Crippen molar-refractivity contribution in [3.05, 3.63) is 64.3 Å². The highest BCUT2D eigenvalue weighted by atomic mass is 35.5. The number of anilines is 1. The second-order valence-electron chi connectivity index (χ2n) is 10.1. The molecule has 216 valence electrons. The highest BCUT2D eigenvalue weighted by Crippen LogP contribution is 2.35. The van der Waals surface area contributed by atoms with Gasteiger partial charge in [-0.05, 0) is 61.1 Å². The van der Waals surface area contributed by atoms with Crippen molar-refractivity contribution < 1.29 is 28.2 Å². The fourth-order valence-electron chi connectivity index (χ4n) is 4.99. The van der Waals surface area contributed by atoms with Gasteiger partial charge in [-0.15, -0.1) is 0 Å². The van der Waals surface area contributed by atoms with Gasteiger partial charge in [0.05, 0.1) is 29.1 Å². The molecule has 12 heteroatoms. The molecule has 0 bridgehead atoms. The van der Waals surface area contributed by atoms with Crippen LogP contribution in [-0.2, 0) is 34.2 Å². The van der Waals surface area contributed by atoms with Crippen LogP contribution in [0.4, 0.5) is 5.69 Å². The zero-order valence-corrected chi connectivity index (χ0v) is 24.1. The molecule has 3 aromatic rings. The highest BCUT2D eigenvalue weighted by molar-refractivity contribution is 7.92. The molecule has 40 heavy (non-hydrogen) atoms. The number of amides is 1. The van der Waals surface area contributed by atoms with Crippen LogP contribution in [0.3, 0.4) is 0 Å². The van der Waals surface area contributed by atoms with Crippen LogP contribution in [0.5, 0.6) is 0 Å². The first kappa shape index (κ1) is 29.9. The van der Waals surface area contributed by atoms with E-state index in [0.717, 1.165) is 41.3 Å². The molecule has 4 N–H and O–H groups in total. The van der Waals surface area contributed by atoms with E-state index in [4.69, 9.17) is 21.5 Å². The minimum absolute atomic E-state index is 0.00542. The summed E-state index contributed by atoms with van der Waals surface area (Å²) in [6.45, 7) is 2.52. The van der Waals surface area contributed by atoms with E-state index in [2.05, 4.69) is 10.6 Å². The maximum absolute atomic E-state index is 13.6. The number of benzene rings is 2. The number of halogens is 1. The number of rotatable bonds is 9. The van der Waals surface area contributed by atoms with Crippen LogP contribution in [0.25, 0.3) is 10.9 Å². The number of aryl methyl sites for hydroxylation is 2. The lowest BCUT2D eigenvalue weighted by atomic mass is 9.99. The van der Waals surface area contributed by atoms with Gasteiger partial charge in [-0.2, -0.15) is 0 Å². The van der Waals surface area contributed by atoms with Crippen molar-refractivity contribution in [2.75, 3.05) is 23.7 Å². The Labute approximate surface area is 239 Å². The molecular formula is C28H35ClN4O6S. The zero-order chi connectivity index (χ0) is 29.0. The average Bonchev–Trinajstić information content (AvgIpc) is 3.69. The van der Waals surface area contributed by atoms with E-state index >= 15 is 0 Å². The number of carbonyl (C=O) groups is 2. The Hall–Kier alpha value is -3.12. The number of sulfonamides is 1. The molecule has 5 rings (SSSR count). The summed E-state index contributed by atoms with van der Waals surface area (Å²) in [5.41, 5.74) is 3.63. The molecule has 0 radical (unpaired) electrons. The summed E-state index contributed by atoms with van der Waals surface area (Å²) < 4.78 is 28.9. The monoisotopic (exact) mass is 590 g/mol. The third-order valence-electron chi connectivity index (χ3n) is 7.34. The standard InChI is InChI=1S/C27H33ClN4O4S.CH2O2/c1-3-18-16-32-9-10-37(35,36)31(2)24-14-19(13-22(18)26(24)32)27(34)30-23(25(33)15-29-21-7-8-21)12-17-5-4-6-20(28)11-17;2-1-3/h4-6,11,13-14,16,21,23,25,29,33H,3,7-10,12,15H2,1-2H3,(H,30,34);1H,(H,2,3)/t23-,25+;/m0./s1. The summed E-state index contributed by atoms with van der Waals surface area (Å²) in [6.07, 6.45) is 4.52. The smallest absolute Gasteiger partial charge is 0.290 e. The molecule has 2 aliphatic rings. The van der Waals surface area contributed by atoms with Gasteiger partial charge in [-0.3, -0.25) is 13.9 Å². The molecule has 2 aromatic carbocycles. The molecule has 1 amide bonds. The van der Waals surface area contributed by atoms with Gasteiger partial charge in [-0.25, -0.2) is 8.42 Å². The van der Waals surface area contributed by atoms with Crippen molar-refractivity contribution in [2.24, 2.45) is 0 Å². The van der Waals surface area contributed by atoms with Crippen molar-refractivity contribution in [3.8, 4) is 0 Å². The first-order chi connectivity index (χ1) is 19.1. The number of hydrogen-bond donors (Lipinski definition) is 4. The van der Waals surface area contributed by atoms with E-state index in [1.807, 2.05) is 42.0 Å². The van der Waals surface area contributed by atoms with Crippen LogP contribution >= 0.6 is 11.6 Å². The maximum atomic E-state index is 13.6. The van der Waals surface area contributed by atoms with Gasteiger partial charge < -0.3 is 25.4 Å². The Morgan fingerprint density at radius 1 is 1.25 bits per heavy atom. The van der Waals surface area contributed by atoms with Gasteiger partial charge in [0, 0.05) is 48.3 Å². The van der Waals surface area contributed by atoms with Crippen molar-refractivity contribution in [2.45, 2.75) is 57.3 Å². The van der Waals surface area contributed by atoms with E-state index in [0.29, 0.717) is 41.8 Å². The fraction of sp³-hybridized carbons (Fsp3) is 0.429. The lowest BCUT2D eigenvalue weighted by molar-refractivity contribution is -0.122. The van der Waals surface area contributed by atoms with E-state index in [-0.39, 0.29) is 18.1 Å². The zero-order valence-electron chi connectivity index (χ0n) is 22.5. The molecule has 1 saturated carbocycles. The number of carboxylic acid groups (broad SMARTS) is 1. The summed E-state index contributed by atoms with van der Waals surface area (Å²) in [4.78, 5) is 22.0. The molecule has 0 unspecified atom stereocenters. The molecule has 10 nitrogen and oxygen atoms in total. The molecule has 1 aromatic heterocycles. The van der Waals surface area contributed by atoms with Crippen LogP contribution < -0.4 is 14.9 Å². The Morgan fingerprint density at radius 3 is 2.62 bits per heavy atom. The summed E-state index contributed by atoms with van der Waals surface area (Å²) >= 11 is 6.18. The number of nitrogens with zero attached hydrogens (tertiary/aromatic N) is 2. The molecule has 1 fully saturated rings. The van der Waals surface area contributed by atoms with Crippen molar-refractivity contribution >= 4 is 50.6 Å². The van der Waals surface area contributed by atoms with Gasteiger partial charge in [-0.1, -0.05) is 30.7 Å². The minimum Gasteiger partial charge on any atom is -0.483 e. The molecule has 1 aliphatic carbocycles. The lowest BCUT2D eigenvalue weighted by Gasteiger charge is -2.25. The number of nitrogens with one attached hydrogen (secondary N) is 2. The Morgan fingerprint density at radius 2 is 1.98 bits per heavy atom. The molecule has 0 saturated heterocycles.